The molecule has 0 bridgehead atoms. The molecule has 0 spiro atoms. The second kappa shape index (κ2) is 8.43. The normalized spacial score (nSPS) is 19.7. The van der Waals surface area contributed by atoms with E-state index in [2.05, 4.69) is 6.07 Å². The summed E-state index contributed by atoms with van der Waals surface area (Å²) in [6.07, 6.45) is 2.86. The molecule has 22 heavy (non-hydrogen) atoms. The van der Waals surface area contributed by atoms with Crippen LogP contribution in [0.2, 0.25) is 0 Å². The molecule has 0 saturated heterocycles. The molecule has 114 valence electrons. The molecule has 0 atom stereocenters. The minimum absolute atomic E-state index is 0.102. The van der Waals surface area contributed by atoms with Crippen LogP contribution >= 0.6 is 0 Å². The standard InChI is InChI=1S/C8H11NO2.C8H5NO2/c2*9-5-6-1-3-7(4-2-6)8(10)11/h6-7H,1-4H2,(H,10,11);1-4H,(H,10,11)/t6-,7-;. The Morgan fingerprint density at radius 3 is 1.91 bits per heavy atom. The van der Waals surface area contributed by atoms with Gasteiger partial charge in [-0.25, -0.2) is 4.79 Å². The zero-order valence-electron chi connectivity index (χ0n) is 11.9. The molecule has 6 nitrogen and oxygen atoms in total. The zero-order valence-corrected chi connectivity index (χ0v) is 11.9. The van der Waals surface area contributed by atoms with Crippen molar-refractivity contribution in [3.8, 4) is 12.1 Å². The summed E-state index contributed by atoms with van der Waals surface area (Å²) in [5.74, 6) is -1.78. The Labute approximate surface area is 128 Å². The van der Waals surface area contributed by atoms with Crippen LogP contribution in [0.3, 0.4) is 0 Å². The molecule has 6 heteroatoms. The number of nitrogens with zero attached hydrogens (tertiary/aromatic N) is 2. The van der Waals surface area contributed by atoms with Crippen LogP contribution in [0.1, 0.15) is 41.6 Å². The van der Waals surface area contributed by atoms with Gasteiger partial charge in [-0.15, -0.1) is 0 Å². The number of carboxylic acids is 2. The lowest BCUT2D eigenvalue weighted by Crippen LogP contribution is -2.20. The molecule has 0 aromatic heterocycles. The monoisotopic (exact) mass is 300 g/mol. The summed E-state index contributed by atoms with van der Waals surface area (Å²) in [5, 5.41) is 34.0. The van der Waals surface area contributed by atoms with Gasteiger partial charge in [0.15, 0.2) is 0 Å². The lowest BCUT2D eigenvalue weighted by Gasteiger charge is -2.20. The topological polar surface area (TPSA) is 122 Å². The van der Waals surface area contributed by atoms with E-state index in [0.29, 0.717) is 18.4 Å². The number of aromatic carboxylic acids is 1. The molecule has 2 N–H and O–H groups in total. The minimum atomic E-state index is -0.977. The molecular formula is C16H16N2O4. The Hall–Kier alpha value is -2.86. The van der Waals surface area contributed by atoms with E-state index < -0.39 is 11.9 Å². The van der Waals surface area contributed by atoms with Gasteiger partial charge in [0, 0.05) is 5.92 Å². The molecule has 0 heterocycles. The van der Waals surface area contributed by atoms with Crippen LogP contribution < -0.4 is 0 Å². The summed E-state index contributed by atoms with van der Waals surface area (Å²) in [7, 11) is 0. The predicted octanol–water partition coefficient (Wildman–Crippen LogP) is 2.66. The van der Waals surface area contributed by atoms with Crippen molar-refractivity contribution >= 4 is 11.9 Å². The van der Waals surface area contributed by atoms with E-state index in [1.54, 1.807) is 0 Å². The number of carbonyl (C=O) groups is 2. The maximum Gasteiger partial charge on any atom is 0.335 e. The largest absolute Gasteiger partial charge is 0.481 e. The number of nitriles is 2. The lowest BCUT2D eigenvalue weighted by molar-refractivity contribution is -0.142. The van der Waals surface area contributed by atoms with E-state index >= 15 is 0 Å². The van der Waals surface area contributed by atoms with Crippen molar-refractivity contribution in [2.75, 3.05) is 0 Å². The highest BCUT2D eigenvalue weighted by Gasteiger charge is 2.25. The van der Waals surface area contributed by atoms with Gasteiger partial charge in [-0.2, -0.15) is 10.5 Å². The Kier molecular flexibility index (Phi) is 6.59. The van der Waals surface area contributed by atoms with Crippen LogP contribution in [-0.4, -0.2) is 22.2 Å². The first-order valence-electron chi connectivity index (χ1n) is 6.83. The van der Waals surface area contributed by atoms with Crippen molar-refractivity contribution in [3.05, 3.63) is 35.4 Å². The van der Waals surface area contributed by atoms with Gasteiger partial charge in [-0.1, -0.05) is 0 Å². The summed E-state index contributed by atoms with van der Waals surface area (Å²) < 4.78 is 0. The highest BCUT2D eigenvalue weighted by atomic mass is 16.4. The second-order valence-corrected chi connectivity index (χ2v) is 5.01. The fraction of sp³-hybridized carbons (Fsp3) is 0.375. The van der Waals surface area contributed by atoms with Crippen molar-refractivity contribution in [1.29, 1.82) is 10.5 Å². The van der Waals surface area contributed by atoms with Crippen molar-refractivity contribution < 1.29 is 19.8 Å². The van der Waals surface area contributed by atoms with Crippen LogP contribution in [0.5, 0.6) is 0 Å². The molecule has 0 radical (unpaired) electrons. The number of hydrogen-bond acceptors (Lipinski definition) is 4. The van der Waals surface area contributed by atoms with E-state index in [4.69, 9.17) is 20.7 Å². The highest BCUT2D eigenvalue weighted by molar-refractivity contribution is 5.87. The highest BCUT2D eigenvalue weighted by Crippen LogP contribution is 2.28. The van der Waals surface area contributed by atoms with Crippen LogP contribution in [0.25, 0.3) is 0 Å². The maximum absolute atomic E-state index is 10.5. The average Bonchev–Trinajstić information content (AvgIpc) is 2.55. The molecular weight excluding hydrogens is 284 g/mol. The third-order valence-corrected chi connectivity index (χ3v) is 3.52. The molecule has 1 aromatic rings. The molecule has 1 aliphatic carbocycles. The summed E-state index contributed by atoms with van der Waals surface area (Å²) in [5.41, 5.74) is 0.666. The molecule has 2 rings (SSSR count). The smallest absolute Gasteiger partial charge is 0.335 e. The Bertz CT molecular complexity index is 603. The minimum Gasteiger partial charge on any atom is -0.481 e. The van der Waals surface area contributed by atoms with Crippen LogP contribution in [0, 0.1) is 34.5 Å². The van der Waals surface area contributed by atoms with E-state index in [1.165, 1.54) is 24.3 Å². The number of benzene rings is 1. The van der Waals surface area contributed by atoms with Crippen molar-refractivity contribution in [1.82, 2.24) is 0 Å². The first kappa shape index (κ1) is 17.2. The summed E-state index contributed by atoms with van der Waals surface area (Å²) in [4.78, 5) is 20.8. The van der Waals surface area contributed by atoms with Crippen LogP contribution in [0.4, 0.5) is 0 Å². The first-order valence-corrected chi connectivity index (χ1v) is 6.83. The van der Waals surface area contributed by atoms with Gasteiger partial charge in [0.2, 0.25) is 0 Å². The molecule has 1 aromatic carbocycles. The van der Waals surface area contributed by atoms with E-state index in [0.717, 1.165) is 12.8 Å². The van der Waals surface area contributed by atoms with Crippen LogP contribution in [0.15, 0.2) is 24.3 Å². The fourth-order valence-corrected chi connectivity index (χ4v) is 2.16. The number of rotatable bonds is 2. The predicted molar refractivity (Wildman–Crippen MR) is 76.8 cm³/mol. The Morgan fingerprint density at radius 2 is 1.55 bits per heavy atom. The van der Waals surface area contributed by atoms with Crippen molar-refractivity contribution in [2.45, 2.75) is 25.7 Å². The lowest BCUT2D eigenvalue weighted by atomic mass is 9.83. The third-order valence-electron chi connectivity index (χ3n) is 3.52. The summed E-state index contributed by atoms with van der Waals surface area (Å²) in [6, 6.07) is 9.83. The number of carboxylic acid groups (broad SMARTS) is 2. The van der Waals surface area contributed by atoms with Crippen molar-refractivity contribution in [3.63, 3.8) is 0 Å². The van der Waals surface area contributed by atoms with Crippen molar-refractivity contribution in [2.24, 2.45) is 11.8 Å². The number of hydrogen-bond donors (Lipinski definition) is 2. The molecule has 1 fully saturated rings. The first-order chi connectivity index (χ1) is 10.5. The van der Waals surface area contributed by atoms with E-state index in [-0.39, 0.29) is 17.4 Å². The summed E-state index contributed by atoms with van der Waals surface area (Å²) >= 11 is 0. The van der Waals surface area contributed by atoms with Gasteiger partial charge < -0.3 is 10.2 Å². The molecule has 0 amide bonds. The molecule has 0 aliphatic heterocycles. The van der Waals surface area contributed by atoms with Gasteiger partial charge in [-0.05, 0) is 49.9 Å². The Balaban J connectivity index is 0.000000220. The second-order valence-electron chi connectivity index (χ2n) is 5.01. The van der Waals surface area contributed by atoms with Gasteiger partial charge in [0.05, 0.1) is 29.2 Å². The van der Waals surface area contributed by atoms with Gasteiger partial charge in [-0.3, -0.25) is 4.79 Å². The van der Waals surface area contributed by atoms with E-state index in [1.807, 2.05) is 6.07 Å². The quantitative estimate of drug-likeness (QED) is 0.865. The maximum atomic E-state index is 10.5. The zero-order chi connectivity index (χ0) is 16.5. The van der Waals surface area contributed by atoms with Gasteiger partial charge >= 0.3 is 11.9 Å². The SMILES string of the molecule is N#C[C@H]1CC[C@H](C(=O)O)CC1.N#Cc1ccc(C(=O)O)cc1. The van der Waals surface area contributed by atoms with Gasteiger partial charge in [0.1, 0.15) is 0 Å². The molecule has 0 unspecified atom stereocenters. The van der Waals surface area contributed by atoms with E-state index in [9.17, 15) is 9.59 Å². The third kappa shape index (κ3) is 5.26. The average molecular weight is 300 g/mol. The Morgan fingerprint density at radius 1 is 1.00 bits per heavy atom. The number of aliphatic carboxylic acids is 1. The van der Waals surface area contributed by atoms with Crippen LogP contribution in [-0.2, 0) is 4.79 Å². The molecule has 1 saturated carbocycles. The van der Waals surface area contributed by atoms with Gasteiger partial charge in [0.25, 0.3) is 0 Å². The molecule has 1 aliphatic rings. The summed E-state index contributed by atoms with van der Waals surface area (Å²) in [6.45, 7) is 0. The fourth-order valence-electron chi connectivity index (χ4n) is 2.16.